The highest BCUT2D eigenvalue weighted by atomic mass is 16.5. The van der Waals surface area contributed by atoms with Gasteiger partial charge in [-0.1, -0.05) is 12.1 Å². The minimum absolute atomic E-state index is 0.202. The lowest BCUT2D eigenvalue weighted by Crippen LogP contribution is -2.47. The molecule has 2 aliphatic heterocycles. The molecule has 1 aromatic carbocycles. The number of likely N-dealkylation sites (tertiary alicyclic amines) is 1. The number of piperidine rings is 1. The summed E-state index contributed by atoms with van der Waals surface area (Å²) in [4.78, 5) is 26.3. The molecule has 7 heteroatoms. The van der Waals surface area contributed by atoms with Gasteiger partial charge in [-0.2, -0.15) is 0 Å². The number of morpholine rings is 1. The quantitative estimate of drug-likeness (QED) is 0.772. The van der Waals surface area contributed by atoms with Crippen molar-refractivity contribution in [3.63, 3.8) is 0 Å². The number of hydrogen-bond acceptors (Lipinski definition) is 6. The molecule has 2 fully saturated rings. The summed E-state index contributed by atoms with van der Waals surface area (Å²) in [6.07, 6.45) is 5.63. The van der Waals surface area contributed by atoms with E-state index in [1.54, 1.807) is 13.3 Å². The van der Waals surface area contributed by atoms with Crippen molar-refractivity contribution in [1.29, 1.82) is 0 Å². The summed E-state index contributed by atoms with van der Waals surface area (Å²) in [5.41, 5.74) is 2.77. The van der Waals surface area contributed by atoms with Crippen molar-refractivity contribution in [3.8, 4) is 17.0 Å². The molecule has 29 heavy (non-hydrogen) atoms. The molecule has 0 aliphatic carbocycles. The first-order chi connectivity index (χ1) is 14.2. The summed E-state index contributed by atoms with van der Waals surface area (Å²) in [6, 6.07) is 7.84. The van der Waals surface area contributed by atoms with Gasteiger partial charge in [-0.25, -0.2) is 4.98 Å². The van der Waals surface area contributed by atoms with Gasteiger partial charge in [0.1, 0.15) is 5.75 Å². The molecular formula is C22H28N4O3. The number of methoxy groups -OCH3 is 1. The molecule has 7 nitrogen and oxygen atoms in total. The van der Waals surface area contributed by atoms with Gasteiger partial charge in [-0.15, -0.1) is 0 Å². The van der Waals surface area contributed by atoms with E-state index in [0.717, 1.165) is 55.2 Å². The Labute approximate surface area is 171 Å². The van der Waals surface area contributed by atoms with Crippen molar-refractivity contribution < 1.29 is 14.3 Å². The fourth-order valence-corrected chi connectivity index (χ4v) is 3.99. The van der Waals surface area contributed by atoms with Gasteiger partial charge in [0.25, 0.3) is 0 Å². The van der Waals surface area contributed by atoms with Crippen molar-refractivity contribution >= 4 is 5.91 Å². The van der Waals surface area contributed by atoms with Gasteiger partial charge in [0, 0.05) is 43.9 Å². The molecule has 2 aliphatic rings. The van der Waals surface area contributed by atoms with E-state index in [1.807, 2.05) is 35.4 Å². The number of hydrogen-bond donors (Lipinski definition) is 0. The molecule has 1 atom stereocenters. The molecule has 0 unspecified atom stereocenters. The van der Waals surface area contributed by atoms with Crippen LogP contribution < -0.4 is 4.74 Å². The highest BCUT2D eigenvalue weighted by molar-refractivity contribution is 5.78. The summed E-state index contributed by atoms with van der Waals surface area (Å²) in [6.45, 7) is 5.09. The third kappa shape index (κ3) is 4.92. The number of aromatic nitrogens is 2. The highest BCUT2D eigenvalue weighted by Gasteiger charge is 2.27. The fourth-order valence-electron chi connectivity index (χ4n) is 3.99. The number of carbonyl (C=O) groups is 1. The molecule has 0 radical (unpaired) electrons. The number of nitrogens with zero attached hydrogens (tertiary/aromatic N) is 4. The van der Waals surface area contributed by atoms with Crippen LogP contribution in [-0.2, 0) is 9.53 Å². The van der Waals surface area contributed by atoms with Gasteiger partial charge in [0.15, 0.2) is 0 Å². The van der Waals surface area contributed by atoms with Crippen LogP contribution in [0, 0.1) is 0 Å². The zero-order chi connectivity index (χ0) is 20.1. The van der Waals surface area contributed by atoms with Gasteiger partial charge in [0.05, 0.1) is 44.5 Å². The van der Waals surface area contributed by atoms with Gasteiger partial charge in [-0.05, 0) is 25.0 Å². The monoisotopic (exact) mass is 396 g/mol. The van der Waals surface area contributed by atoms with Crippen LogP contribution in [0.25, 0.3) is 11.3 Å². The van der Waals surface area contributed by atoms with Crippen molar-refractivity contribution in [3.05, 3.63) is 42.4 Å². The minimum atomic E-state index is 0.202. The minimum Gasteiger partial charge on any atom is -0.497 e. The number of carbonyl (C=O) groups excluding carboxylic acids is 1. The Hall–Kier alpha value is -2.51. The zero-order valence-electron chi connectivity index (χ0n) is 16.9. The lowest BCUT2D eigenvalue weighted by Gasteiger charge is -2.34. The van der Waals surface area contributed by atoms with Crippen LogP contribution in [0.2, 0.25) is 0 Å². The lowest BCUT2D eigenvalue weighted by molar-refractivity contribution is -0.134. The molecule has 2 saturated heterocycles. The van der Waals surface area contributed by atoms with E-state index in [9.17, 15) is 4.79 Å². The number of rotatable bonds is 5. The van der Waals surface area contributed by atoms with E-state index in [4.69, 9.17) is 14.5 Å². The lowest BCUT2D eigenvalue weighted by atomic mass is 9.94. The Bertz CT molecular complexity index is 838. The maximum Gasteiger partial charge on any atom is 0.236 e. The first kappa shape index (κ1) is 19.8. The zero-order valence-corrected chi connectivity index (χ0v) is 16.9. The van der Waals surface area contributed by atoms with Crippen LogP contribution in [0.15, 0.2) is 36.7 Å². The van der Waals surface area contributed by atoms with Crippen LogP contribution in [0.4, 0.5) is 0 Å². The van der Waals surface area contributed by atoms with Crippen LogP contribution >= 0.6 is 0 Å². The Kier molecular flexibility index (Phi) is 6.36. The summed E-state index contributed by atoms with van der Waals surface area (Å²) in [7, 11) is 1.66. The fraction of sp³-hybridized carbons (Fsp3) is 0.500. The van der Waals surface area contributed by atoms with Gasteiger partial charge >= 0.3 is 0 Å². The average molecular weight is 396 g/mol. The maximum absolute atomic E-state index is 12.8. The average Bonchev–Trinajstić information content (AvgIpc) is 2.80. The Morgan fingerprint density at radius 2 is 2.10 bits per heavy atom. The molecule has 0 N–H and O–H groups in total. The molecule has 0 saturated carbocycles. The first-order valence-electron chi connectivity index (χ1n) is 10.3. The highest BCUT2D eigenvalue weighted by Crippen LogP contribution is 2.28. The van der Waals surface area contributed by atoms with Crippen molar-refractivity contribution in [2.24, 2.45) is 0 Å². The third-order valence-electron chi connectivity index (χ3n) is 5.67. The van der Waals surface area contributed by atoms with Crippen LogP contribution in [-0.4, -0.2) is 78.7 Å². The second-order valence-electron chi connectivity index (χ2n) is 7.63. The topological polar surface area (TPSA) is 67.8 Å². The third-order valence-corrected chi connectivity index (χ3v) is 5.67. The van der Waals surface area contributed by atoms with Crippen molar-refractivity contribution in [1.82, 2.24) is 19.8 Å². The van der Waals surface area contributed by atoms with Crippen LogP contribution in [0.3, 0.4) is 0 Å². The van der Waals surface area contributed by atoms with Crippen LogP contribution in [0.1, 0.15) is 24.5 Å². The first-order valence-corrected chi connectivity index (χ1v) is 10.3. The molecule has 154 valence electrons. The predicted molar refractivity (Wildman–Crippen MR) is 110 cm³/mol. The van der Waals surface area contributed by atoms with E-state index in [0.29, 0.717) is 26.3 Å². The molecule has 4 rings (SSSR count). The summed E-state index contributed by atoms with van der Waals surface area (Å²) >= 11 is 0. The van der Waals surface area contributed by atoms with Gasteiger partial charge < -0.3 is 14.4 Å². The molecule has 1 aromatic heterocycles. The van der Waals surface area contributed by atoms with Crippen molar-refractivity contribution in [2.45, 2.75) is 18.8 Å². The second kappa shape index (κ2) is 9.33. The SMILES string of the molecule is COc1cccc(-c2cncc([C@@H]3CCCN(C(=O)CN4CCOCC4)C3)n2)c1. The summed E-state index contributed by atoms with van der Waals surface area (Å²) in [5.74, 6) is 1.22. The van der Waals surface area contributed by atoms with E-state index in [-0.39, 0.29) is 11.8 Å². The van der Waals surface area contributed by atoms with Crippen molar-refractivity contribution in [2.75, 3.05) is 53.0 Å². The Morgan fingerprint density at radius 1 is 1.24 bits per heavy atom. The van der Waals surface area contributed by atoms with E-state index < -0.39 is 0 Å². The predicted octanol–water partition coefficient (Wildman–Crippen LogP) is 2.19. The maximum atomic E-state index is 12.8. The Balaban J connectivity index is 1.44. The van der Waals surface area contributed by atoms with Gasteiger partial charge in [-0.3, -0.25) is 14.7 Å². The molecule has 2 aromatic rings. The number of benzene rings is 1. The summed E-state index contributed by atoms with van der Waals surface area (Å²) in [5, 5.41) is 0. The van der Waals surface area contributed by atoms with E-state index in [1.165, 1.54) is 0 Å². The van der Waals surface area contributed by atoms with Gasteiger partial charge in [0.2, 0.25) is 5.91 Å². The second-order valence-corrected chi connectivity index (χ2v) is 7.63. The number of amides is 1. The standard InChI is InChI=1S/C22H28N4O3/c1-28-19-6-2-4-17(12-19)20-13-23-14-21(24-20)18-5-3-7-26(15-18)22(27)16-25-8-10-29-11-9-25/h2,4,6,12-14,18H,3,5,7-11,15-16H2,1H3/t18-/m1/s1. The Morgan fingerprint density at radius 3 is 2.93 bits per heavy atom. The molecule has 1 amide bonds. The number of ether oxygens (including phenoxy) is 2. The molecular weight excluding hydrogens is 368 g/mol. The van der Waals surface area contributed by atoms with E-state index in [2.05, 4.69) is 9.88 Å². The summed E-state index contributed by atoms with van der Waals surface area (Å²) < 4.78 is 10.7. The molecule has 3 heterocycles. The molecule has 0 bridgehead atoms. The smallest absolute Gasteiger partial charge is 0.236 e. The normalized spacial score (nSPS) is 20.4. The molecule has 0 spiro atoms. The van der Waals surface area contributed by atoms with E-state index >= 15 is 0 Å². The largest absolute Gasteiger partial charge is 0.497 e. The van der Waals surface area contributed by atoms with Crippen LogP contribution in [0.5, 0.6) is 5.75 Å².